The Morgan fingerprint density at radius 3 is 1.22 bits per heavy atom. The summed E-state index contributed by atoms with van der Waals surface area (Å²) < 4.78 is 61.2. The van der Waals surface area contributed by atoms with Gasteiger partial charge in [0, 0.05) is 55.1 Å². The summed E-state index contributed by atoms with van der Waals surface area (Å²) in [6, 6.07) is 0. The Balaban J connectivity index is 2.70. The lowest BCUT2D eigenvalue weighted by atomic mass is 9.96. The van der Waals surface area contributed by atoms with Crippen LogP contribution in [0.5, 0.6) is 0 Å². The van der Waals surface area contributed by atoms with Gasteiger partial charge in [-0.3, -0.25) is 33.6 Å². The van der Waals surface area contributed by atoms with Crippen molar-refractivity contribution in [2.75, 3.05) is 19.8 Å². The van der Waals surface area contributed by atoms with Crippen LogP contribution < -0.4 is 0 Å². The molecule has 0 N–H and O–H groups in total. The van der Waals surface area contributed by atoms with Crippen LogP contribution in [0.25, 0.3) is 0 Å². The minimum Gasteiger partial charge on any atom is -0.463 e. The molecule has 0 aromatic carbocycles. The number of esters is 7. The minimum atomic E-state index is -1.76. The van der Waals surface area contributed by atoms with E-state index in [4.69, 9.17) is 52.1 Å². The molecule has 2 rings (SSSR count). The molecular formula is C28H40O18. The number of carbonyl (C=O) groups excluding carboxylic acids is 7. The summed E-state index contributed by atoms with van der Waals surface area (Å²) in [7, 11) is 0. The third-order valence-electron chi connectivity index (χ3n) is 6.22. The van der Waals surface area contributed by atoms with Crippen molar-refractivity contribution in [3.63, 3.8) is 0 Å². The molecule has 260 valence electrons. The molecular weight excluding hydrogens is 624 g/mol. The Morgan fingerprint density at radius 1 is 0.457 bits per heavy atom. The van der Waals surface area contributed by atoms with Crippen LogP contribution in [0.2, 0.25) is 0 Å². The number of rotatable bonds is 13. The molecule has 0 aromatic heterocycles. The number of hydrogen-bond acceptors (Lipinski definition) is 18. The lowest BCUT2D eigenvalue weighted by Gasteiger charge is -2.48. The van der Waals surface area contributed by atoms with Gasteiger partial charge in [-0.25, -0.2) is 0 Å². The molecule has 0 spiro atoms. The second-order valence-electron chi connectivity index (χ2n) is 10.1. The van der Waals surface area contributed by atoms with Crippen LogP contribution in [0, 0.1) is 0 Å². The van der Waals surface area contributed by atoms with Crippen molar-refractivity contribution in [1.29, 1.82) is 0 Å². The monoisotopic (exact) mass is 664 g/mol. The van der Waals surface area contributed by atoms with Crippen molar-refractivity contribution in [1.82, 2.24) is 0 Å². The maximum Gasteiger partial charge on any atom is 0.303 e. The largest absolute Gasteiger partial charge is 0.463 e. The van der Waals surface area contributed by atoms with Gasteiger partial charge in [0.15, 0.2) is 43.1 Å². The summed E-state index contributed by atoms with van der Waals surface area (Å²) >= 11 is 0. The molecule has 0 amide bonds. The van der Waals surface area contributed by atoms with Gasteiger partial charge in [-0.15, -0.1) is 0 Å². The van der Waals surface area contributed by atoms with E-state index in [-0.39, 0.29) is 6.61 Å². The zero-order chi connectivity index (χ0) is 34.7. The summed E-state index contributed by atoms with van der Waals surface area (Å²) in [4.78, 5) is 84.4. The Kier molecular flexibility index (Phi) is 14.8. The Morgan fingerprint density at radius 2 is 0.804 bits per heavy atom. The molecule has 10 atom stereocenters. The first-order valence-corrected chi connectivity index (χ1v) is 14.2. The van der Waals surface area contributed by atoms with Crippen molar-refractivity contribution >= 4 is 41.8 Å². The van der Waals surface area contributed by atoms with Gasteiger partial charge in [-0.05, 0) is 6.92 Å². The molecule has 0 aromatic rings. The minimum absolute atomic E-state index is 0.0563. The maximum atomic E-state index is 12.3. The predicted molar refractivity (Wildman–Crippen MR) is 145 cm³/mol. The van der Waals surface area contributed by atoms with Crippen molar-refractivity contribution in [3.05, 3.63) is 0 Å². The van der Waals surface area contributed by atoms with Crippen LogP contribution in [0.3, 0.4) is 0 Å². The second-order valence-corrected chi connectivity index (χ2v) is 10.1. The highest BCUT2D eigenvalue weighted by molar-refractivity contribution is 5.69. The van der Waals surface area contributed by atoms with E-state index in [1.165, 1.54) is 0 Å². The van der Waals surface area contributed by atoms with E-state index in [9.17, 15) is 33.6 Å². The summed E-state index contributed by atoms with van der Waals surface area (Å²) in [6.45, 7) is 8.16. The van der Waals surface area contributed by atoms with Gasteiger partial charge in [0.25, 0.3) is 0 Å². The Bertz CT molecular complexity index is 1120. The zero-order valence-corrected chi connectivity index (χ0v) is 26.7. The van der Waals surface area contributed by atoms with E-state index in [0.29, 0.717) is 0 Å². The van der Waals surface area contributed by atoms with E-state index >= 15 is 0 Å². The normalized spacial score (nSPS) is 30.6. The van der Waals surface area contributed by atoms with Gasteiger partial charge in [0.2, 0.25) is 0 Å². The Hall–Kier alpha value is -3.87. The fraction of sp³-hybridized carbons (Fsp3) is 0.750. The van der Waals surface area contributed by atoms with Crippen molar-refractivity contribution in [2.24, 2.45) is 0 Å². The molecule has 0 aliphatic carbocycles. The number of ether oxygens (including phenoxy) is 11. The molecule has 18 nitrogen and oxygen atoms in total. The lowest BCUT2D eigenvalue weighted by Crippen LogP contribution is -2.67. The summed E-state index contributed by atoms with van der Waals surface area (Å²) in [5.41, 5.74) is 0. The molecule has 2 heterocycles. The number of hydrogen-bond donors (Lipinski definition) is 0. The van der Waals surface area contributed by atoms with Gasteiger partial charge in [-0.1, -0.05) is 0 Å². The van der Waals surface area contributed by atoms with Gasteiger partial charge in [0.1, 0.15) is 31.5 Å². The van der Waals surface area contributed by atoms with Gasteiger partial charge >= 0.3 is 41.8 Å². The topological polar surface area (TPSA) is 221 Å². The van der Waals surface area contributed by atoms with Crippen LogP contribution in [-0.4, -0.2) is 123 Å². The summed E-state index contributed by atoms with van der Waals surface area (Å²) in [6.07, 6.45) is -15.0. The van der Waals surface area contributed by atoms with Gasteiger partial charge < -0.3 is 52.1 Å². The molecule has 18 heteroatoms. The predicted octanol–water partition coefficient (Wildman–Crippen LogP) is -0.357. The SMILES string of the molecule is CCO[C@H]1O[C@H](COC(C)=O)[C@H](O[C@@H]2O[C@H](COC(C)=O)[C@H](OC(C)=O)[C@H](OC(C)=O)[C@H]2OC(C)=O)[C@H](OC(C)=O)[C@H]1OC(C)=O. The molecule has 0 bridgehead atoms. The molecule has 2 saturated heterocycles. The fourth-order valence-electron chi connectivity index (χ4n) is 4.77. The zero-order valence-electron chi connectivity index (χ0n) is 26.7. The van der Waals surface area contributed by atoms with Crippen LogP contribution in [-0.2, 0) is 85.7 Å². The standard InChI is InChI=1S/C28H40O18/c1-9-36-27-25(42-17(7)34)24(41-16(6)33)22(20(44-27)11-38-13(3)30)46-28-26(43-18(8)35)23(40-15(5)32)21(39-14(4)31)19(45-28)10-37-12(2)29/h19-28H,9-11H2,1-8H3/t19-,20-,21+,22+,23+,24+,25-,26-,27+,28+/m1/s1. The van der Waals surface area contributed by atoms with E-state index < -0.39 is 116 Å². The highest BCUT2D eigenvalue weighted by Gasteiger charge is 2.57. The Labute approximate surface area is 264 Å². The smallest absolute Gasteiger partial charge is 0.303 e. The lowest BCUT2D eigenvalue weighted by molar-refractivity contribution is -0.360. The third kappa shape index (κ3) is 11.5. The van der Waals surface area contributed by atoms with E-state index in [1.807, 2.05) is 0 Å². The molecule has 0 unspecified atom stereocenters. The molecule has 0 saturated carbocycles. The van der Waals surface area contributed by atoms with Crippen LogP contribution in [0.15, 0.2) is 0 Å². The first-order valence-electron chi connectivity index (χ1n) is 14.2. The second kappa shape index (κ2) is 17.7. The van der Waals surface area contributed by atoms with Crippen molar-refractivity contribution in [3.8, 4) is 0 Å². The molecule has 2 aliphatic rings. The first kappa shape index (κ1) is 38.3. The maximum absolute atomic E-state index is 12.3. The van der Waals surface area contributed by atoms with Crippen LogP contribution >= 0.6 is 0 Å². The molecule has 2 fully saturated rings. The fourth-order valence-corrected chi connectivity index (χ4v) is 4.77. The highest BCUT2D eigenvalue weighted by atomic mass is 16.8. The van der Waals surface area contributed by atoms with Gasteiger partial charge in [-0.2, -0.15) is 0 Å². The van der Waals surface area contributed by atoms with Gasteiger partial charge in [0.05, 0.1) is 0 Å². The van der Waals surface area contributed by atoms with E-state index in [2.05, 4.69) is 0 Å². The number of carbonyl (C=O) groups is 7. The molecule has 0 radical (unpaired) electrons. The summed E-state index contributed by atoms with van der Waals surface area (Å²) in [5, 5.41) is 0. The quantitative estimate of drug-likeness (QED) is 0.181. The summed E-state index contributed by atoms with van der Waals surface area (Å²) in [5.74, 6) is -5.73. The van der Waals surface area contributed by atoms with E-state index in [1.54, 1.807) is 6.92 Å². The van der Waals surface area contributed by atoms with Crippen LogP contribution in [0.4, 0.5) is 0 Å². The average Bonchev–Trinajstić information content (AvgIpc) is 2.91. The van der Waals surface area contributed by atoms with Crippen molar-refractivity contribution < 1.29 is 85.7 Å². The van der Waals surface area contributed by atoms with E-state index in [0.717, 1.165) is 48.5 Å². The molecule has 46 heavy (non-hydrogen) atoms. The van der Waals surface area contributed by atoms with Crippen LogP contribution in [0.1, 0.15) is 55.4 Å². The molecule has 2 aliphatic heterocycles. The average molecular weight is 665 g/mol. The van der Waals surface area contributed by atoms with Crippen molar-refractivity contribution in [2.45, 2.75) is 117 Å². The first-order chi connectivity index (χ1) is 21.5. The highest BCUT2D eigenvalue weighted by Crippen LogP contribution is 2.35. The third-order valence-corrected chi connectivity index (χ3v) is 6.22.